The molecule has 1 heterocycles. The molecule has 3 aromatic rings. The minimum atomic E-state index is -0.577. The highest BCUT2D eigenvalue weighted by molar-refractivity contribution is 5.94. The summed E-state index contributed by atoms with van der Waals surface area (Å²) in [4.78, 5) is 46.3. The Balaban J connectivity index is 1.47. The number of anilines is 3. The maximum Gasteiger partial charge on any atom is 0.308 e. The molecule has 1 aromatic heterocycles. The third kappa shape index (κ3) is 6.69. The van der Waals surface area contributed by atoms with Crippen LogP contribution in [0.1, 0.15) is 28.2 Å². The number of hydrogen-bond donors (Lipinski definition) is 3. The van der Waals surface area contributed by atoms with E-state index in [4.69, 9.17) is 10.5 Å². The molecule has 12 heteroatoms. The van der Waals surface area contributed by atoms with Gasteiger partial charge in [-0.1, -0.05) is 18.2 Å². The molecule has 0 atom stereocenters. The van der Waals surface area contributed by atoms with Gasteiger partial charge in [0.1, 0.15) is 0 Å². The average Bonchev–Trinajstić information content (AvgIpc) is 2.79. The van der Waals surface area contributed by atoms with Gasteiger partial charge in [0.2, 0.25) is 11.9 Å². The fourth-order valence-electron chi connectivity index (χ4n) is 2.72. The predicted molar refractivity (Wildman–Crippen MR) is 119 cm³/mol. The molecule has 0 spiro atoms. The van der Waals surface area contributed by atoms with Gasteiger partial charge in [0.05, 0.1) is 11.3 Å². The van der Waals surface area contributed by atoms with Gasteiger partial charge in [0, 0.05) is 29.9 Å². The van der Waals surface area contributed by atoms with Crippen LogP contribution >= 0.6 is 0 Å². The van der Waals surface area contributed by atoms with E-state index in [1.807, 2.05) is 31.2 Å². The number of rotatable bonds is 9. The molecule has 1 amide bonds. The molecule has 33 heavy (non-hydrogen) atoms. The highest BCUT2D eigenvalue weighted by Crippen LogP contribution is 2.18. The van der Waals surface area contributed by atoms with Gasteiger partial charge in [-0.2, -0.15) is 15.0 Å². The Hall–Kier alpha value is -4.61. The largest absolute Gasteiger partial charge is 0.457 e. The molecule has 0 saturated carbocycles. The molecule has 2 aromatic carbocycles. The van der Waals surface area contributed by atoms with Gasteiger partial charge < -0.3 is 21.1 Å². The fourth-order valence-corrected chi connectivity index (χ4v) is 2.72. The van der Waals surface area contributed by atoms with Crippen molar-refractivity contribution in [3.8, 4) is 0 Å². The van der Waals surface area contributed by atoms with Gasteiger partial charge in [-0.25, -0.2) is 0 Å². The van der Waals surface area contributed by atoms with E-state index in [0.29, 0.717) is 0 Å². The highest BCUT2D eigenvalue weighted by Gasteiger charge is 2.12. The molecule has 0 unspecified atom stereocenters. The van der Waals surface area contributed by atoms with E-state index in [2.05, 4.69) is 25.6 Å². The summed E-state index contributed by atoms with van der Waals surface area (Å²) >= 11 is 0. The van der Waals surface area contributed by atoms with E-state index in [1.165, 1.54) is 24.3 Å². The number of carbonyl (C=O) groups excluding carboxylic acids is 2. The molecular formula is C21H21N7O5. The Kier molecular flexibility index (Phi) is 7.42. The Morgan fingerprint density at radius 3 is 2.52 bits per heavy atom. The molecule has 12 nitrogen and oxygen atoms in total. The normalized spacial score (nSPS) is 10.3. The topological polar surface area (TPSA) is 175 Å². The van der Waals surface area contributed by atoms with Gasteiger partial charge in [-0.3, -0.25) is 19.7 Å². The second-order valence-corrected chi connectivity index (χ2v) is 6.84. The number of non-ortho nitro benzene ring substituents is 1. The standard InChI is InChI=1S/C21H21N7O5/c1-13-4-2-3-5-16(13)24-21-26-17(25-20(22)27-21)12-33-18(29)10-11-23-19(30)14-6-8-15(9-7-14)28(31)32/h2-9H,10-12H2,1H3,(H,23,30)(H3,22,24,25,26,27). The number of ether oxygens (including phenoxy) is 1. The number of amides is 1. The molecule has 0 fully saturated rings. The summed E-state index contributed by atoms with van der Waals surface area (Å²) in [5.74, 6) is -0.677. The monoisotopic (exact) mass is 451 g/mol. The number of nitro benzene ring substituents is 1. The first-order valence-corrected chi connectivity index (χ1v) is 9.83. The Morgan fingerprint density at radius 2 is 1.82 bits per heavy atom. The van der Waals surface area contributed by atoms with Crippen LogP contribution < -0.4 is 16.4 Å². The van der Waals surface area contributed by atoms with Crippen LogP contribution in [0.4, 0.5) is 23.3 Å². The van der Waals surface area contributed by atoms with Crippen LogP contribution in [0.25, 0.3) is 0 Å². The number of aryl methyl sites for hydroxylation is 1. The van der Waals surface area contributed by atoms with Crippen molar-refractivity contribution in [1.82, 2.24) is 20.3 Å². The number of hydrogen-bond acceptors (Lipinski definition) is 10. The predicted octanol–water partition coefficient (Wildman–Crippen LogP) is 2.28. The Labute approximate surface area is 188 Å². The number of carbonyl (C=O) groups is 2. The molecule has 0 saturated heterocycles. The smallest absolute Gasteiger partial charge is 0.308 e. The molecule has 3 rings (SSSR count). The minimum Gasteiger partial charge on any atom is -0.457 e. The van der Waals surface area contributed by atoms with Crippen molar-refractivity contribution in [1.29, 1.82) is 0 Å². The van der Waals surface area contributed by atoms with E-state index >= 15 is 0 Å². The quantitative estimate of drug-likeness (QED) is 0.248. The number of nitrogen functional groups attached to an aromatic ring is 1. The molecule has 0 bridgehead atoms. The molecule has 0 aliphatic rings. The zero-order valence-electron chi connectivity index (χ0n) is 17.6. The number of nitrogens with two attached hydrogens (primary N) is 1. The fraction of sp³-hybridized carbons (Fsp3) is 0.190. The van der Waals surface area contributed by atoms with Crippen LogP contribution in [0.15, 0.2) is 48.5 Å². The van der Waals surface area contributed by atoms with Gasteiger partial charge in [-0.15, -0.1) is 0 Å². The van der Waals surface area contributed by atoms with Crippen molar-refractivity contribution in [2.75, 3.05) is 17.6 Å². The summed E-state index contributed by atoms with van der Waals surface area (Å²) in [5, 5.41) is 16.2. The summed E-state index contributed by atoms with van der Waals surface area (Å²) in [6.07, 6.45) is -0.0897. The van der Waals surface area contributed by atoms with Gasteiger partial charge in [0.15, 0.2) is 12.4 Å². The Morgan fingerprint density at radius 1 is 1.09 bits per heavy atom. The third-order valence-electron chi connectivity index (χ3n) is 4.41. The van der Waals surface area contributed by atoms with E-state index in [1.54, 1.807) is 0 Å². The lowest BCUT2D eigenvalue weighted by atomic mass is 10.2. The first kappa shape index (κ1) is 23.1. The average molecular weight is 451 g/mol. The van der Waals surface area contributed by atoms with E-state index in [0.717, 1.165) is 11.3 Å². The van der Waals surface area contributed by atoms with Crippen molar-refractivity contribution < 1.29 is 19.2 Å². The lowest BCUT2D eigenvalue weighted by Crippen LogP contribution is -2.26. The summed E-state index contributed by atoms with van der Waals surface area (Å²) in [7, 11) is 0. The molecule has 0 aliphatic heterocycles. The number of nitro groups is 1. The lowest BCUT2D eigenvalue weighted by molar-refractivity contribution is -0.384. The van der Waals surface area contributed by atoms with Crippen LogP contribution in [0.3, 0.4) is 0 Å². The number of nitrogens with one attached hydrogen (secondary N) is 2. The van der Waals surface area contributed by atoms with E-state index in [-0.39, 0.29) is 48.5 Å². The van der Waals surface area contributed by atoms with Crippen LogP contribution in [0.2, 0.25) is 0 Å². The summed E-state index contributed by atoms with van der Waals surface area (Å²) < 4.78 is 5.14. The van der Waals surface area contributed by atoms with Crippen LogP contribution in [-0.2, 0) is 16.1 Å². The first-order chi connectivity index (χ1) is 15.8. The molecule has 170 valence electrons. The van der Waals surface area contributed by atoms with Crippen LogP contribution in [0, 0.1) is 17.0 Å². The SMILES string of the molecule is Cc1ccccc1Nc1nc(N)nc(COC(=O)CCNC(=O)c2ccc([N+](=O)[O-])cc2)n1. The van der Waals surface area contributed by atoms with Crippen molar-refractivity contribution in [2.45, 2.75) is 20.0 Å². The van der Waals surface area contributed by atoms with Gasteiger partial charge in [-0.05, 0) is 30.7 Å². The van der Waals surface area contributed by atoms with E-state index < -0.39 is 16.8 Å². The second kappa shape index (κ2) is 10.6. The molecule has 0 aliphatic carbocycles. The van der Waals surface area contributed by atoms with Crippen molar-refractivity contribution in [3.63, 3.8) is 0 Å². The summed E-state index contributed by atoms with van der Waals surface area (Å²) in [6.45, 7) is 1.73. The molecule has 4 N–H and O–H groups in total. The third-order valence-corrected chi connectivity index (χ3v) is 4.41. The number of nitrogens with zero attached hydrogens (tertiary/aromatic N) is 4. The number of esters is 1. The zero-order chi connectivity index (χ0) is 23.8. The number of para-hydroxylation sites is 1. The second-order valence-electron chi connectivity index (χ2n) is 6.84. The van der Waals surface area contributed by atoms with Crippen molar-refractivity contribution in [3.05, 3.63) is 75.6 Å². The Bertz CT molecular complexity index is 1170. The number of aromatic nitrogens is 3. The van der Waals surface area contributed by atoms with Crippen molar-refractivity contribution in [2.24, 2.45) is 0 Å². The highest BCUT2D eigenvalue weighted by atomic mass is 16.6. The maximum absolute atomic E-state index is 12.1. The van der Waals surface area contributed by atoms with E-state index in [9.17, 15) is 19.7 Å². The van der Waals surface area contributed by atoms with Gasteiger partial charge >= 0.3 is 5.97 Å². The van der Waals surface area contributed by atoms with Crippen LogP contribution in [0.5, 0.6) is 0 Å². The lowest BCUT2D eigenvalue weighted by Gasteiger charge is -2.10. The van der Waals surface area contributed by atoms with Crippen molar-refractivity contribution >= 4 is 35.1 Å². The molecule has 0 radical (unpaired) electrons. The first-order valence-electron chi connectivity index (χ1n) is 9.83. The maximum atomic E-state index is 12.1. The zero-order valence-corrected chi connectivity index (χ0v) is 17.6. The summed E-state index contributed by atoms with van der Waals surface area (Å²) in [5.41, 5.74) is 7.63. The number of benzene rings is 2. The molecular weight excluding hydrogens is 430 g/mol. The summed E-state index contributed by atoms with van der Waals surface area (Å²) in [6, 6.07) is 12.7. The van der Waals surface area contributed by atoms with Gasteiger partial charge in [0.25, 0.3) is 11.6 Å². The van der Waals surface area contributed by atoms with Crippen LogP contribution in [-0.4, -0.2) is 38.3 Å². The minimum absolute atomic E-state index is 0.0219.